The molecule has 7 nitrogen and oxygen atoms in total. The van der Waals surface area contributed by atoms with E-state index in [1.165, 1.54) is 11.8 Å². The number of fused-ring (bicyclic) bond motifs is 1. The van der Waals surface area contributed by atoms with Gasteiger partial charge >= 0.3 is 0 Å². The van der Waals surface area contributed by atoms with Crippen molar-refractivity contribution in [1.82, 2.24) is 19.7 Å². The van der Waals surface area contributed by atoms with Crippen LogP contribution < -0.4 is 9.47 Å². The third-order valence-electron chi connectivity index (χ3n) is 4.65. The molecule has 4 rings (SSSR count). The number of amides is 1. The summed E-state index contributed by atoms with van der Waals surface area (Å²) in [6.45, 7) is 3.42. The van der Waals surface area contributed by atoms with E-state index in [1.54, 1.807) is 17.3 Å². The maximum Gasteiger partial charge on any atom is 0.233 e. The maximum absolute atomic E-state index is 12.8. The fourth-order valence-corrected chi connectivity index (χ4v) is 4.17. The molecule has 0 aliphatic carbocycles. The van der Waals surface area contributed by atoms with Gasteiger partial charge in [0.25, 0.3) is 0 Å². The average Bonchev–Trinajstić information content (AvgIpc) is 3.24. The number of benzene rings is 2. The van der Waals surface area contributed by atoms with Crippen LogP contribution in [0.2, 0.25) is 5.02 Å². The molecule has 0 spiro atoms. The fourth-order valence-electron chi connectivity index (χ4n) is 3.15. The molecule has 156 valence electrons. The summed E-state index contributed by atoms with van der Waals surface area (Å²) in [6, 6.07) is 15.0. The minimum Gasteiger partial charge on any atom is -0.486 e. The maximum atomic E-state index is 12.8. The lowest BCUT2D eigenvalue weighted by molar-refractivity contribution is -0.129. The summed E-state index contributed by atoms with van der Waals surface area (Å²) in [5.74, 6) is 1.70. The van der Waals surface area contributed by atoms with Crippen molar-refractivity contribution in [3.05, 3.63) is 59.9 Å². The van der Waals surface area contributed by atoms with Gasteiger partial charge in [-0.2, -0.15) is 0 Å². The lowest BCUT2D eigenvalue weighted by atomic mass is 10.2. The Morgan fingerprint density at radius 2 is 2.10 bits per heavy atom. The second-order valence-electron chi connectivity index (χ2n) is 6.68. The lowest BCUT2D eigenvalue weighted by Gasteiger charge is -2.30. The highest BCUT2D eigenvalue weighted by Crippen LogP contribution is 2.31. The van der Waals surface area contributed by atoms with Crippen LogP contribution in [0.4, 0.5) is 0 Å². The summed E-state index contributed by atoms with van der Waals surface area (Å²) < 4.78 is 13.6. The highest BCUT2D eigenvalue weighted by Gasteiger charge is 2.25. The molecular weight excluding hydrogens is 424 g/mol. The van der Waals surface area contributed by atoms with Crippen molar-refractivity contribution in [2.24, 2.45) is 0 Å². The zero-order valence-electron chi connectivity index (χ0n) is 16.4. The minimum atomic E-state index is -0.205. The molecule has 30 heavy (non-hydrogen) atoms. The van der Waals surface area contributed by atoms with Crippen LogP contribution in [0.1, 0.15) is 6.92 Å². The van der Waals surface area contributed by atoms with E-state index in [-0.39, 0.29) is 17.8 Å². The Hall–Kier alpha value is -2.71. The van der Waals surface area contributed by atoms with Crippen LogP contribution in [0.5, 0.6) is 11.5 Å². The Balaban J connectivity index is 1.36. The molecule has 3 aromatic rings. The molecule has 1 amide bonds. The van der Waals surface area contributed by atoms with Crippen molar-refractivity contribution in [2.75, 3.05) is 25.4 Å². The number of carbonyl (C=O) groups is 1. The van der Waals surface area contributed by atoms with E-state index in [2.05, 4.69) is 10.2 Å². The van der Waals surface area contributed by atoms with Gasteiger partial charge in [-0.15, -0.1) is 10.2 Å². The summed E-state index contributed by atoms with van der Waals surface area (Å²) in [5, 5.41) is 9.37. The third kappa shape index (κ3) is 4.71. The molecule has 1 aromatic heterocycles. The number of ether oxygens (including phenoxy) is 2. The monoisotopic (exact) mass is 444 g/mol. The fraction of sp³-hybridized carbons (Fsp3) is 0.286. The van der Waals surface area contributed by atoms with Gasteiger partial charge in [0, 0.05) is 11.6 Å². The predicted octanol–water partition coefficient (Wildman–Crippen LogP) is 3.70. The standard InChI is InChI=1S/C21H21ClN4O3S/c1-2-25(11-17-12-28-18-8-3-4-9-19(18)29-17)20(27)13-30-21-24-23-14-26(21)16-7-5-6-15(22)10-16/h3-10,14,17H,2,11-13H2,1H3. The zero-order chi connectivity index (χ0) is 20.9. The number of rotatable bonds is 7. The molecule has 0 fully saturated rings. The van der Waals surface area contributed by atoms with Gasteiger partial charge in [0.2, 0.25) is 5.91 Å². The SMILES string of the molecule is CCN(CC1COc2ccccc2O1)C(=O)CSc1nncn1-c1cccc(Cl)c1. The van der Waals surface area contributed by atoms with Gasteiger partial charge in [-0.1, -0.05) is 41.6 Å². The number of carbonyl (C=O) groups excluding carboxylic acids is 1. The van der Waals surface area contributed by atoms with E-state index in [0.29, 0.717) is 35.6 Å². The van der Waals surface area contributed by atoms with Crippen LogP contribution in [0.25, 0.3) is 5.69 Å². The third-order valence-corrected chi connectivity index (χ3v) is 5.82. The van der Waals surface area contributed by atoms with Crippen LogP contribution in [0.15, 0.2) is 60.0 Å². The zero-order valence-corrected chi connectivity index (χ0v) is 18.0. The van der Waals surface area contributed by atoms with Crippen molar-refractivity contribution < 1.29 is 14.3 Å². The molecule has 1 aliphatic heterocycles. The number of likely N-dealkylation sites (N-methyl/N-ethyl adjacent to an activating group) is 1. The van der Waals surface area contributed by atoms with E-state index in [4.69, 9.17) is 21.1 Å². The molecule has 0 radical (unpaired) electrons. The van der Waals surface area contributed by atoms with Crippen molar-refractivity contribution in [3.63, 3.8) is 0 Å². The molecule has 9 heteroatoms. The van der Waals surface area contributed by atoms with E-state index in [0.717, 1.165) is 11.4 Å². The molecule has 0 saturated carbocycles. The van der Waals surface area contributed by atoms with Gasteiger partial charge in [0.1, 0.15) is 12.9 Å². The van der Waals surface area contributed by atoms with Crippen molar-refractivity contribution in [2.45, 2.75) is 18.2 Å². The van der Waals surface area contributed by atoms with E-state index in [9.17, 15) is 4.79 Å². The highest BCUT2D eigenvalue weighted by atomic mass is 35.5. The van der Waals surface area contributed by atoms with Crippen LogP contribution in [0.3, 0.4) is 0 Å². The summed E-state index contributed by atoms with van der Waals surface area (Å²) in [7, 11) is 0. The number of para-hydroxylation sites is 2. The quantitative estimate of drug-likeness (QED) is 0.517. The first-order valence-corrected chi connectivity index (χ1v) is 11.0. The van der Waals surface area contributed by atoms with Gasteiger partial charge < -0.3 is 14.4 Å². The Morgan fingerprint density at radius 3 is 2.90 bits per heavy atom. The Kier molecular flexibility index (Phi) is 6.44. The summed E-state index contributed by atoms with van der Waals surface area (Å²) in [4.78, 5) is 14.6. The molecular formula is C21H21ClN4O3S. The predicted molar refractivity (Wildman–Crippen MR) is 116 cm³/mol. The lowest BCUT2D eigenvalue weighted by Crippen LogP contribution is -2.44. The Bertz CT molecular complexity index is 1030. The number of aromatic nitrogens is 3. The summed E-state index contributed by atoms with van der Waals surface area (Å²) in [5.41, 5.74) is 0.848. The Labute approximate surface area is 183 Å². The smallest absolute Gasteiger partial charge is 0.233 e. The van der Waals surface area contributed by atoms with Gasteiger partial charge in [-0.05, 0) is 37.3 Å². The van der Waals surface area contributed by atoms with E-state index >= 15 is 0 Å². The Morgan fingerprint density at radius 1 is 1.27 bits per heavy atom. The molecule has 1 atom stereocenters. The topological polar surface area (TPSA) is 69.5 Å². The van der Waals surface area contributed by atoms with Crippen LogP contribution >= 0.6 is 23.4 Å². The summed E-state index contributed by atoms with van der Waals surface area (Å²) >= 11 is 7.42. The average molecular weight is 445 g/mol. The number of hydrogen-bond acceptors (Lipinski definition) is 6. The van der Waals surface area contributed by atoms with Gasteiger partial charge in [-0.3, -0.25) is 9.36 Å². The first kappa shape index (κ1) is 20.6. The van der Waals surface area contributed by atoms with Crippen LogP contribution in [-0.4, -0.2) is 57.1 Å². The number of hydrogen-bond donors (Lipinski definition) is 0. The molecule has 2 aromatic carbocycles. The molecule has 2 heterocycles. The first-order chi connectivity index (χ1) is 14.6. The number of nitrogens with zero attached hydrogens (tertiary/aromatic N) is 4. The van der Waals surface area contributed by atoms with Crippen molar-refractivity contribution >= 4 is 29.3 Å². The minimum absolute atomic E-state index is 0.00519. The molecule has 0 bridgehead atoms. The highest BCUT2D eigenvalue weighted by molar-refractivity contribution is 7.99. The van der Waals surface area contributed by atoms with Gasteiger partial charge in [0.05, 0.1) is 18.0 Å². The van der Waals surface area contributed by atoms with E-state index < -0.39 is 0 Å². The normalized spacial score (nSPS) is 15.1. The summed E-state index contributed by atoms with van der Waals surface area (Å²) in [6.07, 6.45) is 1.41. The van der Waals surface area contributed by atoms with Crippen molar-refractivity contribution in [3.8, 4) is 17.2 Å². The van der Waals surface area contributed by atoms with Crippen molar-refractivity contribution in [1.29, 1.82) is 0 Å². The molecule has 1 aliphatic rings. The second kappa shape index (κ2) is 9.40. The largest absolute Gasteiger partial charge is 0.486 e. The van der Waals surface area contributed by atoms with Gasteiger partial charge in [-0.25, -0.2) is 0 Å². The molecule has 0 N–H and O–H groups in total. The van der Waals surface area contributed by atoms with Crippen LogP contribution in [-0.2, 0) is 4.79 Å². The number of thioether (sulfide) groups is 1. The van der Waals surface area contributed by atoms with Crippen LogP contribution in [0, 0.1) is 0 Å². The number of halogens is 1. The molecule has 1 unspecified atom stereocenters. The first-order valence-electron chi connectivity index (χ1n) is 9.59. The second-order valence-corrected chi connectivity index (χ2v) is 8.06. The molecule has 0 saturated heterocycles. The van der Waals surface area contributed by atoms with E-state index in [1.807, 2.05) is 54.0 Å². The van der Waals surface area contributed by atoms with Gasteiger partial charge in [0.15, 0.2) is 22.8 Å².